The summed E-state index contributed by atoms with van der Waals surface area (Å²) in [5.74, 6) is 0.543. The summed E-state index contributed by atoms with van der Waals surface area (Å²) in [6.45, 7) is 3.61. The van der Waals surface area contributed by atoms with E-state index in [9.17, 15) is 8.42 Å². The lowest BCUT2D eigenvalue weighted by atomic mass is 9.99. The van der Waals surface area contributed by atoms with Crippen molar-refractivity contribution in [2.45, 2.75) is 30.9 Å². The van der Waals surface area contributed by atoms with Crippen LogP contribution in [0.2, 0.25) is 10.0 Å². The quantitative estimate of drug-likeness (QED) is 0.553. The Morgan fingerprint density at radius 3 is 2.41 bits per heavy atom. The third-order valence-corrected chi connectivity index (χ3v) is 7.82. The highest BCUT2D eigenvalue weighted by Crippen LogP contribution is 2.38. The van der Waals surface area contributed by atoms with Crippen molar-refractivity contribution in [3.63, 3.8) is 0 Å². The molecule has 0 amide bonds. The summed E-state index contributed by atoms with van der Waals surface area (Å²) >= 11 is 12.3. The van der Waals surface area contributed by atoms with Gasteiger partial charge < -0.3 is 0 Å². The number of sulfone groups is 1. The Morgan fingerprint density at radius 2 is 1.72 bits per heavy atom. The number of hydrogen-bond donors (Lipinski definition) is 0. The van der Waals surface area contributed by atoms with Crippen LogP contribution < -0.4 is 0 Å². The molecule has 0 fully saturated rings. The number of halogens is 2. The molecule has 2 atom stereocenters. The second-order valence-corrected chi connectivity index (χ2v) is 10.1. The van der Waals surface area contributed by atoms with Crippen molar-refractivity contribution in [1.29, 1.82) is 0 Å². The van der Waals surface area contributed by atoms with Gasteiger partial charge in [0, 0.05) is 11.8 Å². The van der Waals surface area contributed by atoms with Crippen LogP contribution in [0.15, 0.2) is 59.6 Å². The molecular formula is C21H19Cl2N3O2S. The summed E-state index contributed by atoms with van der Waals surface area (Å²) in [7, 11) is -3.61. The monoisotopic (exact) mass is 447 g/mol. The Morgan fingerprint density at radius 1 is 1.00 bits per heavy atom. The summed E-state index contributed by atoms with van der Waals surface area (Å²) in [4.78, 5) is 4.55. The summed E-state index contributed by atoms with van der Waals surface area (Å²) in [5.41, 5.74) is 2.75. The third-order valence-electron chi connectivity index (χ3n) is 4.97. The van der Waals surface area contributed by atoms with E-state index in [0.29, 0.717) is 21.6 Å². The maximum atomic E-state index is 13.5. The van der Waals surface area contributed by atoms with Crippen molar-refractivity contribution >= 4 is 44.6 Å². The lowest BCUT2D eigenvalue weighted by molar-refractivity contribution is 0.508. The van der Waals surface area contributed by atoms with Gasteiger partial charge in [-0.2, -0.15) is 5.10 Å². The predicted octanol–water partition coefficient (Wildman–Crippen LogP) is 5.18. The van der Waals surface area contributed by atoms with E-state index in [1.165, 1.54) is 0 Å². The summed E-state index contributed by atoms with van der Waals surface area (Å²) < 4.78 is 28.7. The zero-order valence-corrected chi connectivity index (χ0v) is 18.2. The van der Waals surface area contributed by atoms with Gasteiger partial charge in [0.25, 0.3) is 0 Å². The molecule has 1 aromatic heterocycles. The summed E-state index contributed by atoms with van der Waals surface area (Å²) in [5, 5.41) is 4.45. The molecular weight excluding hydrogens is 429 g/mol. The van der Waals surface area contributed by atoms with Gasteiger partial charge in [-0.15, -0.1) is 0 Å². The van der Waals surface area contributed by atoms with Crippen molar-refractivity contribution in [2.24, 2.45) is 4.99 Å². The van der Waals surface area contributed by atoms with Gasteiger partial charge in [-0.25, -0.2) is 18.1 Å². The van der Waals surface area contributed by atoms with E-state index in [-0.39, 0.29) is 5.75 Å². The molecule has 0 radical (unpaired) electrons. The first-order valence-electron chi connectivity index (χ1n) is 9.08. The average molecular weight is 448 g/mol. The second-order valence-electron chi connectivity index (χ2n) is 7.17. The molecule has 2 unspecified atom stereocenters. The van der Waals surface area contributed by atoms with Gasteiger partial charge in [0.2, 0.25) is 0 Å². The maximum absolute atomic E-state index is 13.5. The number of aliphatic imine (C=N–C) groups is 1. The molecule has 0 N–H and O–H groups in total. The Bertz CT molecular complexity index is 1200. The summed E-state index contributed by atoms with van der Waals surface area (Å²) in [6, 6.07) is 15.6. The van der Waals surface area contributed by atoms with Crippen molar-refractivity contribution in [1.82, 2.24) is 9.78 Å². The first kappa shape index (κ1) is 20.1. The average Bonchev–Trinajstić information content (AvgIpc) is 3.03. The third kappa shape index (κ3) is 3.84. The molecule has 8 heteroatoms. The van der Waals surface area contributed by atoms with Gasteiger partial charge in [-0.3, -0.25) is 0 Å². The van der Waals surface area contributed by atoms with E-state index in [4.69, 9.17) is 23.2 Å². The molecule has 1 aliphatic heterocycles. The van der Waals surface area contributed by atoms with Crippen LogP contribution in [-0.2, 0) is 15.6 Å². The Labute approximate surface area is 179 Å². The van der Waals surface area contributed by atoms with Crippen LogP contribution in [0.4, 0.5) is 5.82 Å². The van der Waals surface area contributed by atoms with Crippen molar-refractivity contribution in [3.05, 3.63) is 81.5 Å². The Hall–Kier alpha value is -2.15. The molecule has 1 aliphatic rings. The highest BCUT2D eigenvalue weighted by Gasteiger charge is 2.42. The Balaban J connectivity index is 1.87. The second kappa shape index (κ2) is 7.59. The van der Waals surface area contributed by atoms with Crippen molar-refractivity contribution < 1.29 is 8.42 Å². The van der Waals surface area contributed by atoms with Crippen LogP contribution >= 0.6 is 23.2 Å². The van der Waals surface area contributed by atoms with Crippen LogP contribution in [0.3, 0.4) is 0 Å². The van der Waals surface area contributed by atoms with E-state index in [2.05, 4.69) is 10.1 Å². The normalized spacial score (nSPS) is 19.0. The van der Waals surface area contributed by atoms with Gasteiger partial charge in [0.15, 0.2) is 15.7 Å². The van der Waals surface area contributed by atoms with Crippen LogP contribution in [0.5, 0.6) is 0 Å². The fourth-order valence-corrected chi connectivity index (χ4v) is 6.14. The number of rotatable bonds is 4. The zero-order chi connectivity index (χ0) is 20.8. The fourth-order valence-electron chi connectivity index (χ4n) is 3.76. The number of fused-ring (bicyclic) bond motifs is 1. The number of hydrogen-bond acceptors (Lipinski definition) is 4. The smallest absolute Gasteiger partial charge is 0.165 e. The van der Waals surface area contributed by atoms with Crippen LogP contribution in [0.25, 0.3) is 0 Å². The van der Waals surface area contributed by atoms with E-state index in [1.54, 1.807) is 29.8 Å². The van der Waals surface area contributed by atoms with Gasteiger partial charge in [0.05, 0.1) is 21.5 Å². The van der Waals surface area contributed by atoms with Crippen molar-refractivity contribution in [3.8, 4) is 0 Å². The number of benzene rings is 2. The summed E-state index contributed by atoms with van der Waals surface area (Å²) in [6.07, 6.45) is 0. The highest BCUT2D eigenvalue weighted by atomic mass is 35.5. The van der Waals surface area contributed by atoms with Crippen LogP contribution in [0.1, 0.15) is 29.8 Å². The largest absolute Gasteiger partial charge is 0.238 e. The molecule has 0 spiro atoms. The molecule has 0 saturated carbocycles. The molecule has 5 nitrogen and oxygen atoms in total. The minimum Gasteiger partial charge on any atom is -0.238 e. The van der Waals surface area contributed by atoms with E-state index in [1.807, 2.05) is 43.3 Å². The molecule has 150 valence electrons. The topological polar surface area (TPSA) is 64.3 Å². The number of aryl methyl sites for hydroxylation is 1. The van der Waals surface area contributed by atoms with Crippen molar-refractivity contribution in [2.75, 3.05) is 0 Å². The molecule has 4 rings (SSSR count). The SMILES string of the molecule is CC1=Nc2cc(C)nn2C(c2ccc(Cl)c(Cl)c2)C1S(=O)(=O)Cc1ccccc1. The first-order valence-corrected chi connectivity index (χ1v) is 11.5. The fraction of sp³-hybridized carbons (Fsp3) is 0.238. The number of aromatic nitrogens is 2. The van der Waals surface area contributed by atoms with Gasteiger partial charge in [0.1, 0.15) is 11.3 Å². The Kier molecular flexibility index (Phi) is 5.27. The van der Waals surface area contributed by atoms with Gasteiger partial charge in [-0.05, 0) is 37.1 Å². The molecule has 2 aromatic carbocycles. The standard InChI is InChI=1S/C21H19Cl2N3O2S/c1-13-10-19-24-14(2)21(29(27,28)12-15-6-4-3-5-7-15)20(26(19)25-13)16-8-9-17(22)18(23)11-16/h3-11,20-21H,12H2,1-2H3. The molecule has 0 saturated heterocycles. The molecule has 0 bridgehead atoms. The van der Waals surface area contributed by atoms with E-state index in [0.717, 1.165) is 16.8 Å². The van der Waals surface area contributed by atoms with Gasteiger partial charge >= 0.3 is 0 Å². The zero-order valence-electron chi connectivity index (χ0n) is 15.9. The van der Waals surface area contributed by atoms with Crippen LogP contribution in [0, 0.1) is 6.92 Å². The minimum absolute atomic E-state index is 0.0846. The maximum Gasteiger partial charge on any atom is 0.165 e. The molecule has 0 aliphatic carbocycles. The molecule has 29 heavy (non-hydrogen) atoms. The lowest BCUT2D eigenvalue weighted by Crippen LogP contribution is -2.41. The predicted molar refractivity (Wildman–Crippen MR) is 117 cm³/mol. The van der Waals surface area contributed by atoms with E-state index < -0.39 is 21.1 Å². The molecule has 2 heterocycles. The van der Waals surface area contributed by atoms with E-state index >= 15 is 0 Å². The first-order chi connectivity index (χ1) is 13.8. The molecule has 3 aromatic rings. The highest BCUT2D eigenvalue weighted by molar-refractivity contribution is 7.92. The minimum atomic E-state index is -3.61. The number of nitrogens with zero attached hydrogens (tertiary/aromatic N) is 3. The lowest BCUT2D eigenvalue weighted by Gasteiger charge is -2.32. The van der Waals surface area contributed by atoms with Gasteiger partial charge in [-0.1, -0.05) is 59.6 Å². The van der Waals surface area contributed by atoms with Crippen LogP contribution in [-0.4, -0.2) is 29.2 Å².